The first kappa shape index (κ1) is 26.3. The second-order valence-corrected chi connectivity index (χ2v) is 8.13. The number of rotatable bonds is 7. The van der Waals surface area contributed by atoms with Gasteiger partial charge < -0.3 is 58.7 Å². The fourth-order valence-corrected chi connectivity index (χ4v) is 4.02. The number of fused-ring (bicyclic) bond motifs is 1. The highest BCUT2D eigenvalue weighted by atomic mass is 16.7. The summed E-state index contributed by atoms with van der Waals surface area (Å²) in [6.45, 7) is -0.697. The van der Waals surface area contributed by atoms with Crippen LogP contribution in [-0.2, 0) is 4.74 Å². The van der Waals surface area contributed by atoms with Gasteiger partial charge in [0.05, 0.1) is 27.9 Å². The highest BCUT2D eigenvalue weighted by Crippen LogP contribution is 2.45. The van der Waals surface area contributed by atoms with E-state index in [1.54, 1.807) is 0 Å². The lowest BCUT2D eigenvalue weighted by Crippen LogP contribution is -2.60. The summed E-state index contributed by atoms with van der Waals surface area (Å²) in [5.74, 6) is -1.64. The number of phenolic OH excluding ortho intramolecular Hbond substituents is 2. The largest absolute Gasteiger partial charge is 0.504 e. The Morgan fingerprint density at radius 1 is 0.892 bits per heavy atom. The Bertz CT molecular complexity index is 1350. The first-order valence-corrected chi connectivity index (χ1v) is 11.0. The Morgan fingerprint density at radius 3 is 2.22 bits per heavy atom. The molecule has 1 saturated heterocycles. The number of aliphatic hydroxyl groups excluding tert-OH is 4. The van der Waals surface area contributed by atoms with Crippen LogP contribution in [0.25, 0.3) is 22.3 Å². The summed E-state index contributed by atoms with van der Waals surface area (Å²) in [6.07, 6.45) is -8.08. The second kappa shape index (κ2) is 10.3. The summed E-state index contributed by atoms with van der Waals surface area (Å²) in [6, 6.07) is 5.48. The van der Waals surface area contributed by atoms with E-state index in [2.05, 4.69) is 0 Å². The number of hydrogen-bond acceptors (Lipinski definition) is 13. The Balaban J connectivity index is 1.86. The van der Waals surface area contributed by atoms with Crippen LogP contribution in [0.15, 0.2) is 33.5 Å². The quantitative estimate of drug-likeness (QED) is 0.244. The molecule has 1 aliphatic rings. The molecule has 0 radical (unpaired) electrons. The standard InChI is InChI=1S/C24H26O13/c1-32-11-6-9(4-5-10(11)26)21-23(34-3)18(29)15-12(35-21)7-13(33-2)22(17(15)28)37-24-20(31)19(30)16(27)14(8-25)36-24/h4-7,14,16,19-20,24-28,30-31H,8H2,1-3H3/t14-,16-,19+,20-,24+/m1/s1. The highest BCUT2D eigenvalue weighted by molar-refractivity contribution is 5.91. The highest BCUT2D eigenvalue weighted by Gasteiger charge is 2.45. The molecule has 1 aliphatic heterocycles. The van der Waals surface area contributed by atoms with Crippen LogP contribution in [0.1, 0.15) is 0 Å². The number of aliphatic hydroxyl groups is 4. The van der Waals surface area contributed by atoms with Crippen molar-refractivity contribution in [1.82, 2.24) is 0 Å². The molecule has 0 amide bonds. The van der Waals surface area contributed by atoms with Gasteiger partial charge in [-0.05, 0) is 18.2 Å². The summed E-state index contributed by atoms with van der Waals surface area (Å²) >= 11 is 0. The molecule has 0 bridgehead atoms. The molecule has 6 N–H and O–H groups in total. The molecule has 0 aliphatic carbocycles. The van der Waals surface area contributed by atoms with E-state index in [0.717, 1.165) is 0 Å². The average Bonchev–Trinajstić information content (AvgIpc) is 2.89. The summed E-state index contributed by atoms with van der Waals surface area (Å²) < 4.78 is 32.5. The molecule has 13 heteroatoms. The molecule has 200 valence electrons. The topological polar surface area (TPSA) is 198 Å². The fraction of sp³-hybridized carbons (Fsp3) is 0.375. The Morgan fingerprint density at radius 2 is 1.59 bits per heavy atom. The van der Waals surface area contributed by atoms with E-state index in [-0.39, 0.29) is 39.7 Å². The van der Waals surface area contributed by atoms with Gasteiger partial charge in [0, 0.05) is 11.6 Å². The van der Waals surface area contributed by atoms with Crippen molar-refractivity contribution in [3.05, 3.63) is 34.5 Å². The van der Waals surface area contributed by atoms with Crippen LogP contribution >= 0.6 is 0 Å². The van der Waals surface area contributed by atoms with Crippen LogP contribution in [0.4, 0.5) is 0 Å². The average molecular weight is 522 g/mol. The van der Waals surface area contributed by atoms with Crippen LogP contribution in [0, 0.1) is 0 Å². The molecule has 5 atom stereocenters. The van der Waals surface area contributed by atoms with Crippen LogP contribution in [0.5, 0.6) is 34.5 Å². The van der Waals surface area contributed by atoms with Crippen LogP contribution in [-0.4, -0.2) is 89.3 Å². The summed E-state index contributed by atoms with van der Waals surface area (Å²) in [7, 11) is 3.83. The van der Waals surface area contributed by atoms with E-state index in [1.807, 2.05) is 0 Å². The SMILES string of the molecule is COc1cc(-c2oc3cc(OC)c(O[C@@H]4O[C@H](CO)[C@@H](O)[C@H](O)[C@H]4O)c(O)c3c(=O)c2OC)ccc1O. The van der Waals surface area contributed by atoms with E-state index < -0.39 is 54.2 Å². The van der Waals surface area contributed by atoms with Gasteiger partial charge in [-0.25, -0.2) is 0 Å². The monoisotopic (exact) mass is 522 g/mol. The molecule has 1 fully saturated rings. The van der Waals surface area contributed by atoms with E-state index in [9.17, 15) is 35.4 Å². The molecular formula is C24H26O13. The molecule has 1 aromatic heterocycles. The Hall–Kier alpha value is -3.75. The smallest absolute Gasteiger partial charge is 0.239 e. The Kier molecular flexibility index (Phi) is 7.34. The van der Waals surface area contributed by atoms with Gasteiger partial charge in [-0.3, -0.25) is 4.79 Å². The zero-order valence-corrected chi connectivity index (χ0v) is 19.9. The minimum atomic E-state index is -1.78. The van der Waals surface area contributed by atoms with Crippen molar-refractivity contribution in [3.8, 4) is 45.8 Å². The minimum absolute atomic E-state index is 0.0256. The Labute approximate surface area is 209 Å². The molecule has 0 saturated carbocycles. The van der Waals surface area contributed by atoms with Gasteiger partial charge in [-0.15, -0.1) is 0 Å². The molecule has 0 unspecified atom stereocenters. The van der Waals surface area contributed by atoms with E-state index >= 15 is 0 Å². The zero-order chi connectivity index (χ0) is 27.0. The molecule has 2 heterocycles. The third-order valence-corrected chi connectivity index (χ3v) is 5.98. The number of ether oxygens (including phenoxy) is 5. The first-order valence-electron chi connectivity index (χ1n) is 11.0. The van der Waals surface area contributed by atoms with E-state index in [4.69, 9.17) is 28.1 Å². The maximum absolute atomic E-state index is 13.4. The molecule has 4 rings (SSSR count). The number of aromatic hydroxyl groups is 2. The third-order valence-electron chi connectivity index (χ3n) is 5.98. The number of phenols is 2. The molecule has 13 nitrogen and oxygen atoms in total. The van der Waals surface area contributed by atoms with Crippen molar-refractivity contribution in [2.45, 2.75) is 30.7 Å². The van der Waals surface area contributed by atoms with Crippen molar-refractivity contribution in [1.29, 1.82) is 0 Å². The molecule has 37 heavy (non-hydrogen) atoms. The van der Waals surface area contributed by atoms with Crippen molar-refractivity contribution in [2.75, 3.05) is 27.9 Å². The first-order chi connectivity index (χ1) is 17.7. The van der Waals surface area contributed by atoms with E-state index in [1.165, 1.54) is 45.6 Å². The van der Waals surface area contributed by atoms with Gasteiger partial charge in [0.25, 0.3) is 0 Å². The lowest BCUT2D eigenvalue weighted by Gasteiger charge is -2.39. The molecule has 3 aromatic rings. The summed E-state index contributed by atoms with van der Waals surface area (Å²) in [5, 5.41) is 60.3. The summed E-state index contributed by atoms with van der Waals surface area (Å²) in [4.78, 5) is 13.4. The zero-order valence-electron chi connectivity index (χ0n) is 19.9. The fourth-order valence-electron chi connectivity index (χ4n) is 4.02. The van der Waals surface area contributed by atoms with E-state index in [0.29, 0.717) is 5.56 Å². The van der Waals surface area contributed by atoms with Gasteiger partial charge in [0.1, 0.15) is 35.4 Å². The van der Waals surface area contributed by atoms with Gasteiger partial charge in [-0.1, -0.05) is 0 Å². The predicted octanol–water partition coefficient (Wildman–Crippen LogP) is 0.0757. The van der Waals surface area contributed by atoms with Gasteiger partial charge >= 0.3 is 0 Å². The molecular weight excluding hydrogens is 496 g/mol. The number of methoxy groups -OCH3 is 3. The van der Waals surface area contributed by atoms with Gasteiger partial charge in [-0.2, -0.15) is 0 Å². The van der Waals surface area contributed by atoms with Crippen molar-refractivity contribution < 1.29 is 58.7 Å². The lowest BCUT2D eigenvalue weighted by molar-refractivity contribution is -0.277. The maximum atomic E-state index is 13.4. The van der Waals surface area contributed by atoms with Gasteiger partial charge in [0.15, 0.2) is 28.8 Å². The van der Waals surface area contributed by atoms with Crippen molar-refractivity contribution in [3.63, 3.8) is 0 Å². The number of hydrogen-bond donors (Lipinski definition) is 6. The predicted molar refractivity (Wildman–Crippen MR) is 125 cm³/mol. The second-order valence-electron chi connectivity index (χ2n) is 8.13. The minimum Gasteiger partial charge on any atom is -0.504 e. The summed E-state index contributed by atoms with van der Waals surface area (Å²) in [5.41, 5.74) is -0.585. The van der Waals surface area contributed by atoms with Crippen molar-refractivity contribution in [2.24, 2.45) is 0 Å². The maximum Gasteiger partial charge on any atom is 0.239 e. The van der Waals surface area contributed by atoms with Crippen LogP contribution < -0.4 is 24.4 Å². The normalized spacial score (nSPS) is 23.6. The molecule has 0 spiro atoms. The van der Waals surface area contributed by atoms with Gasteiger partial charge in [0.2, 0.25) is 23.2 Å². The van der Waals surface area contributed by atoms with Crippen LogP contribution in [0.3, 0.4) is 0 Å². The van der Waals surface area contributed by atoms with Crippen LogP contribution in [0.2, 0.25) is 0 Å². The molecule has 2 aromatic carbocycles. The lowest BCUT2D eigenvalue weighted by atomic mass is 9.99. The number of benzene rings is 2. The third kappa shape index (κ3) is 4.47. The van der Waals surface area contributed by atoms with Crippen molar-refractivity contribution >= 4 is 11.0 Å².